The third kappa shape index (κ3) is 16.2. The molecule has 0 aliphatic heterocycles. The molecule has 6 heteroatoms. The van der Waals surface area contributed by atoms with Crippen LogP contribution in [0.1, 0.15) is 27.9 Å². The summed E-state index contributed by atoms with van der Waals surface area (Å²) >= 11 is 0. The minimum atomic E-state index is -0.614. The predicted octanol–water partition coefficient (Wildman–Crippen LogP) is -1.67. The van der Waals surface area contributed by atoms with Gasteiger partial charge in [0.2, 0.25) is 0 Å². The van der Waals surface area contributed by atoms with Gasteiger partial charge in [0.1, 0.15) is 0 Å². The maximum absolute atomic E-state index is 10.6. The zero-order valence-electron chi connectivity index (χ0n) is 13.4. The summed E-state index contributed by atoms with van der Waals surface area (Å²) in [4.78, 5) is 10.6. The number of carbonyl (C=O) groups excluding carboxylic acids is 1. The Morgan fingerprint density at radius 1 is 1.14 bits per heavy atom. The number of nitrogens with one attached hydrogen (secondary N) is 1. The second-order valence-corrected chi connectivity index (χ2v) is 5.44. The van der Waals surface area contributed by atoms with Crippen molar-refractivity contribution >= 4 is 15.4 Å². The SMILES string of the molecule is C[SiH]C.Cc1cc(C)cc(C([NH-])=O)c1.[C-]1=CC=CC1.[Cl-].[Cl-].[Hf+4]. The van der Waals surface area contributed by atoms with Crippen LogP contribution >= 0.6 is 0 Å². The molecule has 1 N–H and O–H groups in total. The number of carbonyl (C=O) groups is 1. The average Bonchev–Trinajstić information content (AvgIpc) is 2.87. The third-order valence-corrected chi connectivity index (χ3v) is 2.07. The first-order valence-corrected chi connectivity index (χ1v) is 8.62. The molecule has 2 nitrogen and oxygen atoms in total. The summed E-state index contributed by atoms with van der Waals surface area (Å²) in [5.41, 5.74) is 9.40. The van der Waals surface area contributed by atoms with Gasteiger partial charge in [-0.05, 0) is 19.4 Å². The summed E-state index contributed by atoms with van der Waals surface area (Å²) in [6.45, 7) is 8.25. The number of aryl methyl sites for hydroxylation is 2. The van der Waals surface area contributed by atoms with Crippen molar-refractivity contribution in [2.24, 2.45) is 0 Å². The molecule has 1 aliphatic carbocycles. The number of halogens is 2. The number of amides is 1. The van der Waals surface area contributed by atoms with E-state index < -0.39 is 5.91 Å². The van der Waals surface area contributed by atoms with E-state index in [0.717, 1.165) is 27.1 Å². The zero-order chi connectivity index (χ0) is 14.7. The van der Waals surface area contributed by atoms with Crippen LogP contribution in [-0.2, 0) is 25.8 Å². The summed E-state index contributed by atoms with van der Waals surface area (Å²) < 4.78 is 0. The Morgan fingerprint density at radius 2 is 1.59 bits per heavy atom. The first-order chi connectivity index (χ1) is 9.01. The fourth-order valence-corrected chi connectivity index (χ4v) is 1.45. The van der Waals surface area contributed by atoms with Crippen LogP contribution in [0.25, 0.3) is 5.73 Å². The summed E-state index contributed by atoms with van der Waals surface area (Å²) in [6.07, 6.45) is 10.0. The molecule has 0 fully saturated rings. The molecule has 119 valence electrons. The fourth-order valence-electron chi connectivity index (χ4n) is 1.45. The molecule has 0 saturated heterocycles. The topological polar surface area (TPSA) is 40.9 Å². The van der Waals surface area contributed by atoms with Crippen molar-refractivity contribution in [3.05, 3.63) is 64.9 Å². The van der Waals surface area contributed by atoms with Gasteiger partial charge >= 0.3 is 25.8 Å². The van der Waals surface area contributed by atoms with E-state index in [9.17, 15) is 4.79 Å². The Morgan fingerprint density at radius 3 is 1.82 bits per heavy atom. The van der Waals surface area contributed by atoms with Crippen molar-refractivity contribution in [2.75, 3.05) is 0 Å². The van der Waals surface area contributed by atoms with Gasteiger partial charge in [0, 0.05) is 9.52 Å². The van der Waals surface area contributed by atoms with Crippen LogP contribution in [0.4, 0.5) is 0 Å². The monoisotopic (exact) mass is 522 g/mol. The maximum Gasteiger partial charge on any atom is 4.00 e. The van der Waals surface area contributed by atoms with Gasteiger partial charge in [0.05, 0.1) is 5.91 Å². The van der Waals surface area contributed by atoms with E-state index >= 15 is 0 Å². The van der Waals surface area contributed by atoms with E-state index in [-0.39, 0.29) is 50.7 Å². The molecule has 0 atom stereocenters. The Kier molecular flexibility index (Phi) is 25.6. The predicted molar refractivity (Wildman–Crippen MR) is 85.0 cm³/mol. The Hall–Kier alpha value is -0.163. The van der Waals surface area contributed by atoms with E-state index in [1.165, 1.54) is 0 Å². The minimum Gasteiger partial charge on any atom is -1.00 e. The molecule has 22 heavy (non-hydrogen) atoms. The first-order valence-electron chi connectivity index (χ1n) is 6.31. The van der Waals surface area contributed by atoms with Crippen LogP contribution in [0, 0.1) is 19.9 Å². The first kappa shape index (κ1) is 29.8. The number of hydrogen-bond donors (Lipinski definition) is 0. The molecule has 2 rings (SSSR count). The third-order valence-electron chi connectivity index (χ3n) is 2.07. The minimum absolute atomic E-state index is 0. The Labute approximate surface area is 168 Å². The summed E-state index contributed by atoms with van der Waals surface area (Å²) in [7, 11) is 0.750. The van der Waals surface area contributed by atoms with Crippen molar-refractivity contribution in [3.63, 3.8) is 0 Å². The van der Waals surface area contributed by atoms with Crippen molar-refractivity contribution in [3.8, 4) is 0 Å². The molecule has 1 aromatic rings. The largest absolute Gasteiger partial charge is 4.00 e. The Bertz CT molecular complexity index is 435. The van der Waals surface area contributed by atoms with E-state index in [2.05, 4.69) is 25.2 Å². The number of hydrogen-bond acceptors (Lipinski definition) is 1. The van der Waals surface area contributed by atoms with E-state index in [1.54, 1.807) is 12.1 Å². The fraction of sp³-hybridized carbons (Fsp3) is 0.312. The molecule has 1 radical (unpaired) electrons. The van der Waals surface area contributed by atoms with Gasteiger partial charge in [-0.1, -0.05) is 42.4 Å². The second kappa shape index (κ2) is 18.9. The second-order valence-electron chi connectivity index (χ2n) is 4.29. The molecule has 0 unspecified atom stereocenters. The maximum atomic E-state index is 10.6. The number of allylic oxidation sites excluding steroid dienone is 4. The quantitative estimate of drug-likeness (QED) is 0.322. The van der Waals surface area contributed by atoms with Gasteiger partial charge in [0.25, 0.3) is 0 Å². The van der Waals surface area contributed by atoms with Crippen LogP contribution in [0.5, 0.6) is 0 Å². The van der Waals surface area contributed by atoms with E-state index in [0.29, 0.717) is 5.56 Å². The molecule has 1 aliphatic rings. The molecule has 0 saturated carbocycles. The summed E-state index contributed by atoms with van der Waals surface area (Å²) in [5, 5.41) is 0. The van der Waals surface area contributed by atoms with Crippen molar-refractivity contribution in [1.82, 2.24) is 0 Å². The molecular formula is C16H22Cl2HfNOSi. The summed E-state index contributed by atoms with van der Waals surface area (Å²) in [6, 6.07) is 5.43. The molecule has 0 heterocycles. The molecule has 1 aromatic carbocycles. The van der Waals surface area contributed by atoms with Crippen LogP contribution in [0.3, 0.4) is 0 Å². The zero-order valence-corrected chi connectivity index (χ0v) is 19.7. The standard InChI is InChI=1S/C9H11NO.C5H5.C2H7Si.2ClH.Hf/c1-6-3-7(2)5-8(4-6)9(10)11;1-2-4-5-3-1;1-3-2;;;/h3-5H,1-2H3,(H2,10,11);1-3H,4H2;3H,1-2H3;2*1H;/q;-1;;;;+4/p-3. The molecular weight excluding hydrogens is 500 g/mol. The number of rotatable bonds is 1. The number of benzene rings is 1. The van der Waals surface area contributed by atoms with Crippen molar-refractivity contribution in [1.29, 1.82) is 0 Å². The molecule has 1 amide bonds. The van der Waals surface area contributed by atoms with Crippen molar-refractivity contribution in [2.45, 2.75) is 33.4 Å². The molecule has 0 spiro atoms. The van der Waals surface area contributed by atoms with Gasteiger partial charge in [-0.3, -0.25) is 6.08 Å². The normalized spacial score (nSPS) is 9.64. The molecule has 0 bridgehead atoms. The van der Waals surface area contributed by atoms with Gasteiger partial charge in [-0.25, -0.2) is 12.2 Å². The van der Waals surface area contributed by atoms with Crippen LogP contribution in [0.2, 0.25) is 13.1 Å². The van der Waals surface area contributed by atoms with Crippen molar-refractivity contribution < 1.29 is 55.5 Å². The van der Waals surface area contributed by atoms with E-state index in [1.807, 2.05) is 32.1 Å². The Balaban J connectivity index is -0.000000126. The van der Waals surface area contributed by atoms with Gasteiger partial charge in [-0.2, -0.15) is 6.08 Å². The van der Waals surface area contributed by atoms with Gasteiger partial charge < -0.3 is 35.3 Å². The van der Waals surface area contributed by atoms with E-state index in [4.69, 9.17) is 5.73 Å². The van der Waals surface area contributed by atoms with Gasteiger partial charge in [-0.15, -0.1) is 6.42 Å². The molecule has 0 aromatic heterocycles. The van der Waals surface area contributed by atoms with Crippen LogP contribution < -0.4 is 24.8 Å². The van der Waals surface area contributed by atoms with Crippen LogP contribution in [0.15, 0.2) is 36.4 Å². The van der Waals surface area contributed by atoms with Crippen LogP contribution in [-0.4, -0.2) is 15.4 Å². The average molecular weight is 522 g/mol. The smallest absolute Gasteiger partial charge is 1.00 e. The van der Waals surface area contributed by atoms with Gasteiger partial charge in [0.15, 0.2) is 0 Å². The summed E-state index contributed by atoms with van der Waals surface area (Å²) in [5.74, 6) is -0.614.